The fourth-order valence-electron chi connectivity index (χ4n) is 1.73. The third-order valence-corrected chi connectivity index (χ3v) is 2.80. The Balaban J connectivity index is 2.10. The predicted molar refractivity (Wildman–Crippen MR) is 57.0 cm³/mol. The molecule has 0 saturated carbocycles. The van der Waals surface area contributed by atoms with Crippen LogP contribution in [0, 0.1) is 5.92 Å². The second-order valence-corrected chi connectivity index (χ2v) is 3.92. The molecule has 0 atom stereocenters. The zero-order valence-electron chi connectivity index (χ0n) is 8.46. The van der Waals surface area contributed by atoms with Crippen LogP contribution in [0.2, 0.25) is 0 Å². The predicted octanol–water partition coefficient (Wildman–Crippen LogP) is 1.85. The molecule has 3 nitrogen and oxygen atoms in total. The number of benzene rings is 1. The zero-order valence-corrected chi connectivity index (χ0v) is 8.46. The number of nitrogen functional groups attached to an aromatic ring is 2. The first kappa shape index (κ1) is 10.9. The maximum Gasteiger partial charge on any atom is 0.395 e. The van der Waals surface area contributed by atoms with Crippen molar-refractivity contribution < 1.29 is 13.2 Å². The minimum atomic E-state index is -4.12. The summed E-state index contributed by atoms with van der Waals surface area (Å²) in [6.07, 6.45) is -4.12. The number of nitrogens with zero attached hydrogens (tertiary/aromatic N) is 1. The lowest BCUT2D eigenvalue weighted by molar-refractivity contribution is -0.180. The van der Waals surface area contributed by atoms with Crippen molar-refractivity contribution >= 4 is 17.1 Å². The minimum Gasteiger partial charge on any atom is -0.397 e. The molecule has 0 bridgehead atoms. The summed E-state index contributed by atoms with van der Waals surface area (Å²) < 4.78 is 36.9. The van der Waals surface area contributed by atoms with Crippen LogP contribution in [0.1, 0.15) is 0 Å². The summed E-state index contributed by atoms with van der Waals surface area (Å²) in [7, 11) is 0. The van der Waals surface area contributed by atoms with Crippen LogP contribution in [0.15, 0.2) is 18.2 Å². The molecule has 1 heterocycles. The lowest BCUT2D eigenvalue weighted by atomic mass is 9.98. The van der Waals surface area contributed by atoms with Crippen LogP contribution < -0.4 is 16.4 Å². The second kappa shape index (κ2) is 3.47. The summed E-state index contributed by atoms with van der Waals surface area (Å²) in [5.74, 6) is -1.26. The van der Waals surface area contributed by atoms with Crippen molar-refractivity contribution in [2.45, 2.75) is 6.18 Å². The first-order valence-corrected chi connectivity index (χ1v) is 4.85. The summed E-state index contributed by atoms with van der Waals surface area (Å²) >= 11 is 0. The molecule has 0 amide bonds. The van der Waals surface area contributed by atoms with Gasteiger partial charge in [0.2, 0.25) is 0 Å². The van der Waals surface area contributed by atoms with E-state index in [1.54, 1.807) is 23.1 Å². The molecular weight excluding hydrogens is 219 g/mol. The Kier molecular flexibility index (Phi) is 2.36. The maximum atomic E-state index is 12.3. The molecule has 0 spiro atoms. The van der Waals surface area contributed by atoms with Gasteiger partial charge < -0.3 is 16.4 Å². The van der Waals surface area contributed by atoms with Crippen LogP contribution in [-0.4, -0.2) is 19.3 Å². The average Bonchev–Trinajstić information content (AvgIpc) is 2.07. The molecule has 0 aromatic heterocycles. The number of anilines is 3. The van der Waals surface area contributed by atoms with E-state index >= 15 is 0 Å². The van der Waals surface area contributed by atoms with Gasteiger partial charge in [-0.1, -0.05) is 6.07 Å². The van der Waals surface area contributed by atoms with Crippen molar-refractivity contribution in [2.24, 2.45) is 5.92 Å². The molecule has 2 rings (SSSR count). The molecule has 1 fully saturated rings. The van der Waals surface area contributed by atoms with E-state index in [4.69, 9.17) is 11.5 Å². The second-order valence-electron chi connectivity index (χ2n) is 3.92. The van der Waals surface area contributed by atoms with E-state index in [0.717, 1.165) is 0 Å². The maximum absolute atomic E-state index is 12.3. The normalized spacial score (nSPS) is 17.3. The lowest BCUT2D eigenvalue weighted by Gasteiger charge is -2.42. The van der Waals surface area contributed by atoms with Gasteiger partial charge in [-0.25, -0.2) is 0 Å². The van der Waals surface area contributed by atoms with E-state index < -0.39 is 12.1 Å². The Bertz CT molecular complexity index is 397. The monoisotopic (exact) mass is 231 g/mol. The Hall–Kier alpha value is -1.59. The van der Waals surface area contributed by atoms with Crippen LogP contribution >= 0.6 is 0 Å². The van der Waals surface area contributed by atoms with Crippen molar-refractivity contribution in [3.05, 3.63) is 18.2 Å². The van der Waals surface area contributed by atoms with E-state index in [0.29, 0.717) is 17.1 Å². The number of nitrogens with two attached hydrogens (primary N) is 2. The molecule has 16 heavy (non-hydrogen) atoms. The number of hydrogen-bond acceptors (Lipinski definition) is 3. The van der Waals surface area contributed by atoms with Gasteiger partial charge in [-0.2, -0.15) is 13.2 Å². The van der Waals surface area contributed by atoms with Gasteiger partial charge in [0.15, 0.2) is 0 Å². The highest BCUT2D eigenvalue weighted by Crippen LogP contribution is 2.39. The molecule has 1 saturated heterocycles. The Morgan fingerprint density at radius 1 is 1.19 bits per heavy atom. The average molecular weight is 231 g/mol. The smallest absolute Gasteiger partial charge is 0.395 e. The van der Waals surface area contributed by atoms with Crippen LogP contribution in [0.4, 0.5) is 30.2 Å². The van der Waals surface area contributed by atoms with Gasteiger partial charge in [0.25, 0.3) is 0 Å². The van der Waals surface area contributed by atoms with Crippen LogP contribution in [0.5, 0.6) is 0 Å². The minimum absolute atomic E-state index is 0.0445. The fourth-order valence-corrected chi connectivity index (χ4v) is 1.73. The highest BCUT2D eigenvalue weighted by molar-refractivity contribution is 5.80. The van der Waals surface area contributed by atoms with Crippen molar-refractivity contribution in [1.29, 1.82) is 0 Å². The zero-order chi connectivity index (χ0) is 11.9. The topological polar surface area (TPSA) is 55.3 Å². The summed E-state index contributed by atoms with van der Waals surface area (Å²) in [4.78, 5) is 1.59. The molecule has 1 aromatic carbocycles. The highest BCUT2D eigenvalue weighted by atomic mass is 19.4. The van der Waals surface area contributed by atoms with Crippen LogP contribution in [-0.2, 0) is 0 Å². The first-order chi connectivity index (χ1) is 7.39. The Morgan fingerprint density at radius 2 is 1.81 bits per heavy atom. The third-order valence-electron chi connectivity index (χ3n) is 2.80. The standard InChI is InChI=1S/C10H12F3N3/c11-10(12,13)6-4-16(5-6)8-3-1-2-7(14)9(8)15/h1-3,6H,4-5,14-15H2. The van der Waals surface area contributed by atoms with Crippen molar-refractivity contribution in [3.8, 4) is 0 Å². The number of alkyl halides is 3. The molecule has 6 heteroatoms. The third kappa shape index (κ3) is 1.75. The van der Waals surface area contributed by atoms with Gasteiger partial charge in [0, 0.05) is 13.1 Å². The van der Waals surface area contributed by atoms with Gasteiger partial charge in [0.1, 0.15) is 0 Å². The largest absolute Gasteiger partial charge is 0.397 e. The summed E-state index contributed by atoms with van der Waals surface area (Å²) in [5.41, 5.74) is 12.6. The summed E-state index contributed by atoms with van der Waals surface area (Å²) in [5, 5.41) is 0. The van der Waals surface area contributed by atoms with Crippen molar-refractivity contribution in [3.63, 3.8) is 0 Å². The van der Waals surface area contributed by atoms with E-state index in [9.17, 15) is 13.2 Å². The molecule has 1 aromatic rings. The number of rotatable bonds is 1. The lowest BCUT2D eigenvalue weighted by Crippen LogP contribution is -2.53. The van der Waals surface area contributed by atoms with Gasteiger partial charge in [-0.15, -0.1) is 0 Å². The van der Waals surface area contributed by atoms with Crippen LogP contribution in [0.25, 0.3) is 0 Å². The van der Waals surface area contributed by atoms with Crippen LogP contribution in [0.3, 0.4) is 0 Å². The van der Waals surface area contributed by atoms with E-state index in [1.165, 1.54) is 0 Å². The van der Waals surface area contributed by atoms with Crippen molar-refractivity contribution in [2.75, 3.05) is 29.5 Å². The molecule has 0 unspecified atom stereocenters. The van der Waals surface area contributed by atoms with Crippen molar-refractivity contribution in [1.82, 2.24) is 0 Å². The number of hydrogen-bond donors (Lipinski definition) is 2. The van der Waals surface area contributed by atoms with Gasteiger partial charge in [-0.05, 0) is 12.1 Å². The summed E-state index contributed by atoms with van der Waals surface area (Å²) in [6, 6.07) is 4.99. The van der Waals surface area contributed by atoms with Gasteiger partial charge >= 0.3 is 6.18 Å². The summed E-state index contributed by atoms with van der Waals surface area (Å²) in [6.45, 7) is -0.0890. The molecule has 0 aliphatic carbocycles. The first-order valence-electron chi connectivity index (χ1n) is 4.85. The quantitative estimate of drug-likeness (QED) is 0.725. The van der Waals surface area contributed by atoms with E-state index in [2.05, 4.69) is 0 Å². The molecule has 1 aliphatic rings. The van der Waals surface area contributed by atoms with E-state index in [-0.39, 0.29) is 13.1 Å². The molecular formula is C10H12F3N3. The van der Waals surface area contributed by atoms with Gasteiger partial charge in [-0.3, -0.25) is 0 Å². The molecule has 0 radical (unpaired) electrons. The SMILES string of the molecule is Nc1cccc(N2CC(C(F)(F)F)C2)c1N. The molecule has 1 aliphatic heterocycles. The highest BCUT2D eigenvalue weighted by Gasteiger charge is 2.47. The Morgan fingerprint density at radius 3 is 2.38 bits per heavy atom. The Labute approximate surface area is 90.8 Å². The molecule has 4 N–H and O–H groups in total. The van der Waals surface area contributed by atoms with Gasteiger partial charge in [0.05, 0.1) is 23.0 Å². The fraction of sp³-hybridized carbons (Fsp3) is 0.400. The number of halogens is 3. The molecule has 88 valence electrons. The van der Waals surface area contributed by atoms with E-state index in [1.807, 2.05) is 0 Å². The number of para-hydroxylation sites is 1.